The van der Waals surface area contributed by atoms with Crippen molar-refractivity contribution in [1.29, 1.82) is 5.26 Å². The van der Waals surface area contributed by atoms with E-state index in [9.17, 15) is 19.6 Å². The topological polar surface area (TPSA) is 112 Å². The molecule has 2 rings (SSSR count). The van der Waals surface area contributed by atoms with Crippen molar-refractivity contribution in [3.05, 3.63) is 65.7 Å². The van der Waals surface area contributed by atoms with Crippen molar-refractivity contribution in [2.24, 2.45) is 0 Å². The van der Waals surface area contributed by atoms with Crippen LogP contribution in [0, 0.1) is 18.3 Å². The maximum absolute atomic E-state index is 13.5. The van der Waals surface area contributed by atoms with Crippen LogP contribution < -0.4 is 10.6 Å². The van der Waals surface area contributed by atoms with Crippen LogP contribution in [0.15, 0.2) is 54.6 Å². The molecule has 0 fully saturated rings. The quantitative estimate of drug-likeness (QED) is 0.391. The Morgan fingerprint density at radius 1 is 1.09 bits per heavy atom. The summed E-state index contributed by atoms with van der Waals surface area (Å²) in [6.07, 6.45) is -0.794. The average Bonchev–Trinajstić information content (AvgIpc) is 2.78. The summed E-state index contributed by atoms with van der Waals surface area (Å²) >= 11 is 4.20. The van der Waals surface area contributed by atoms with Crippen molar-refractivity contribution in [3.63, 3.8) is 0 Å². The second-order valence-corrected chi connectivity index (χ2v) is 8.99. The van der Waals surface area contributed by atoms with Crippen LogP contribution in [-0.4, -0.2) is 46.7 Å². The molecule has 8 nitrogen and oxygen atoms in total. The van der Waals surface area contributed by atoms with E-state index in [0.717, 1.165) is 10.5 Å². The molecule has 2 atom stereocenters. The molecule has 0 aliphatic heterocycles. The SMILES string of the molecule is Cc1ccccc1NC(=O)C(c1ccccc1)N(CC#N)C(=O)C(CS)NC(=O)OC(C)(C)C. The van der Waals surface area contributed by atoms with Gasteiger partial charge in [-0.25, -0.2) is 4.79 Å². The highest BCUT2D eigenvalue weighted by atomic mass is 32.1. The fourth-order valence-corrected chi connectivity index (χ4v) is 3.48. The zero-order chi connectivity index (χ0) is 25.3. The highest BCUT2D eigenvalue weighted by Gasteiger charge is 2.36. The van der Waals surface area contributed by atoms with Gasteiger partial charge in [-0.15, -0.1) is 0 Å². The van der Waals surface area contributed by atoms with E-state index in [-0.39, 0.29) is 12.3 Å². The molecule has 0 saturated heterocycles. The molecule has 0 radical (unpaired) electrons. The van der Waals surface area contributed by atoms with Gasteiger partial charge in [0.15, 0.2) is 0 Å². The number of carbonyl (C=O) groups is 3. The van der Waals surface area contributed by atoms with Crippen molar-refractivity contribution in [2.45, 2.75) is 45.4 Å². The largest absolute Gasteiger partial charge is 0.444 e. The van der Waals surface area contributed by atoms with Gasteiger partial charge < -0.3 is 20.3 Å². The van der Waals surface area contributed by atoms with Crippen LogP contribution in [0.3, 0.4) is 0 Å². The molecule has 0 saturated carbocycles. The number of aryl methyl sites for hydroxylation is 1. The number of nitrogens with zero attached hydrogens (tertiary/aromatic N) is 2. The Labute approximate surface area is 205 Å². The lowest BCUT2D eigenvalue weighted by Gasteiger charge is -2.32. The summed E-state index contributed by atoms with van der Waals surface area (Å²) in [6, 6.07) is 15.7. The second kappa shape index (κ2) is 12.1. The molecule has 2 unspecified atom stereocenters. The number of nitriles is 1. The highest BCUT2D eigenvalue weighted by Crippen LogP contribution is 2.25. The molecule has 0 aromatic heterocycles. The monoisotopic (exact) mass is 482 g/mol. The number of thiol groups is 1. The van der Waals surface area contributed by atoms with E-state index < -0.39 is 35.6 Å². The highest BCUT2D eigenvalue weighted by molar-refractivity contribution is 7.80. The summed E-state index contributed by atoms with van der Waals surface area (Å²) < 4.78 is 5.25. The third kappa shape index (κ3) is 7.52. The van der Waals surface area contributed by atoms with Crippen LogP contribution in [-0.2, 0) is 14.3 Å². The van der Waals surface area contributed by atoms with Gasteiger partial charge in [0, 0.05) is 11.4 Å². The molecule has 9 heteroatoms. The van der Waals surface area contributed by atoms with Gasteiger partial charge in [0.25, 0.3) is 5.91 Å². The molecule has 2 aromatic rings. The number of nitrogens with one attached hydrogen (secondary N) is 2. The molecule has 0 heterocycles. The van der Waals surface area contributed by atoms with Crippen molar-refractivity contribution in [3.8, 4) is 6.07 Å². The molecule has 180 valence electrons. The van der Waals surface area contributed by atoms with E-state index in [2.05, 4.69) is 23.3 Å². The van der Waals surface area contributed by atoms with Crippen molar-refractivity contribution >= 4 is 36.2 Å². The number of hydrogen-bond acceptors (Lipinski definition) is 6. The minimum Gasteiger partial charge on any atom is -0.444 e. The first-order valence-corrected chi connectivity index (χ1v) is 11.4. The molecule has 34 heavy (non-hydrogen) atoms. The summed E-state index contributed by atoms with van der Waals surface area (Å²) in [4.78, 5) is 40.4. The molecule has 0 aliphatic carbocycles. The minimum atomic E-state index is -1.12. The van der Waals surface area contributed by atoms with E-state index in [1.807, 2.05) is 25.1 Å². The molecule has 0 aliphatic rings. The number of rotatable bonds is 8. The zero-order valence-electron chi connectivity index (χ0n) is 19.7. The first-order valence-electron chi connectivity index (χ1n) is 10.8. The Bertz CT molecular complexity index is 1050. The molecular formula is C25H30N4O4S. The lowest BCUT2D eigenvalue weighted by Crippen LogP contribution is -2.53. The van der Waals surface area contributed by atoms with E-state index in [1.165, 1.54) is 0 Å². The summed E-state index contributed by atoms with van der Waals surface area (Å²) in [5, 5.41) is 14.8. The molecule has 2 aromatic carbocycles. The van der Waals surface area contributed by atoms with Gasteiger partial charge in [0.2, 0.25) is 5.91 Å². The van der Waals surface area contributed by atoms with Crippen LogP contribution in [0.1, 0.15) is 37.9 Å². The number of anilines is 1. The van der Waals surface area contributed by atoms with Crippen molar-refractivity contribution < 1.29 is 19.1 Å². The van der Waals surface area contributed by atoms with Crippen molar-refractivity contribution in [1.82, 2.24) is 10.2 Å². The number of para-hydroxylation sites is 1. The third-order valence-electron chi connectivity index (χ3n) is 4.77. The molecule has 2 N–H and O–H groups in total. The lowest BCUT2D eigenvalue weighted by molar-refractivity contribution is -0.139. The maximum atomic E-state index is 13.5. The summed E-state index contributed by atoms with van der Waals surface area (Å²) in [5.74, 6) is -1.17. The molecule has 3 amide bonds. The number of alkyl carbamates (subject to hydrolysis) is 1. The average molecular weight is 483 g/mol. The first-order chi connectivity index (χ1) is 16.1. The number of ether oxygens (including phenoxy) is 1. The predicted octanol–water partition coefficient (Wildman–Crippen LogP) is 3.85. The fourth-order valence-electron chi connectivity index (χ4n) is 3.23. The van der Waals surface area contributed by atoms with Gasteiger partial charge in [-0.2, -0.15) is 17.9 Å². The zero-order valence-corrected chi connectivity index (χ0v) is 20.6. The van der Waals surface area contributed by atoms with E-state index >= 15 is 0 Å². The van der Waals surface area contributed by atoms with E-state index in [0.29, 0.717) is 11.3 Å². The number of hydrogen-bond donors (Lipinski definition) is 3. The Balaban J connectivity index is 2.40. The van der Waals surface area contributed by atoms with E-state index in [1.54, 1.807) is 63.2 Å². The number of benzene rings is 2. The lowest BCUT2D eigenvalue weighted by atomic mass is 10.0. The standard InChI is InChI=1S/C25H30N4O4S/c1-17-10-8-9-13-19(17)27-22(30)21(18-11-6-5-7-12-18)29(15-14-26)23(31)20(16-34)28-24(32)33-25(2,3)4/h5-13,20-21,34H,15-16H2,1-4H3,(H,27,30)(H,28,32). The Morgan fingerprint density at radius 3 is 2.26 bits per heavy atom. The van der Waals surface area contributed by atoms with Gasteiger partial charge in [-0.3, -0.25) is 9.59 Å². The van der Waals surface area contributed by atoms with Gasteiger partial charge in [-0.05, 0) is 44.9 Å². The van der Waals surface area contributed by atoms with Crippen molar-refractivity contribution in [2.75, 3.05) is 17.6 Å². The maximum Gasteiger partial charge on any atom is 0.408 e. The second-order valence-electron chi connectivity index (χ2n) is 8.62. The minimum absolute atomic E-state index is 0.0546. The predicted molar refractivity (Wildman–Crippen MR) is 133 cm³/mol. The van der Waals surface area contributed by atoms with Gasteiger partial charge in [-0.1, -0.05) is 48.5 Å². The smallest absolute Gasteiger partial charge is 0.408 e. The van der Waals surface area contributed by atoms with Crippen LogP contribution in [0.4, 0.5) is 10.5 Å². The Hall–Kier alpha value is -3.51. The normalized spacial score (nSPS) is 12.6. The van der Waals surface area contributed by atoms with Crippen LogP contribution in [0.5, 0.6) is 0 Å². The van der Waals surface area contributed by atoms with Gasteiger partial charge >= 0.3 is 6.09 Å². The number of carbonyl (C=O) groups excluding carboxylic acids is 3. The Kier molecular flexibility index (Phi) is 9.51. The van der Waals surface area contributed by atoms with Gasteiger partial charge in [0.1, 0.15) is 24.2 Å². The first kappa shape index (κ1) is 26.7. The summed E-state index contributed by atoms with van der Waals surface area (Å²) in [6.45, 7) is 6.58. The summed E-state index contributed by atoms with van der Waals surface area (Å²) in [5.41, 5.74) is 1.20. The number of amides is 3. The fraction of sp³-hybridized carbons (Fsp3) is 0.360. The Morgan fingerprint density at radius 2 is 1.71 bits per heavy atom. The molecular weight excluding hydrogens is 452 g/mol. The van der Waals surface area contributed by atoms with E-state index in [4.69, 9.17) is 4.74 Å². The van der Waals surface area contributed by atoms with Crippen LogP contribution in [0.25, 0.3) is 0 Å². The summed E-state index contributed by atoms with van der Waals surface area (Å²) in [7, 11) is 0. The molecule has 0 bridgehead atoms. The van der Waals surface area contributed by atoms with Gasteiger partial charge in [0.05, 0.1) is 6.07 Å². The molecule has 0 spiro atoms. The van der Waals surface area contributed by atoms with Crippen LogP contribution >= 0.6 is 12.6 Å². The third-order valence-corrected chi connectivity index (χ3v) is 5.14. The van der Waals surface area contributed by atoms with Crippen LogP contribution in [0.2, 0.25) is 0 Å².